The third kappa shape index (κ3) is 3.58. The number of amides is 1. The molecule has 150 valence electrons. The molecule has 0 unspecified atom stereocenters. The number of benzene rings is 1. The molecule has 1 aliphatic carbocycles. The fraction of sp³-hybridized carbons (Fsp3) is 0.364. The van der Waals surface area contributed by atoms with E-state index >= 15 is 0 Å². The Morgan fingerprint density at radius 1 is 1.21 bits per heavy atom. The number of likely N-dealkylation sites (tertiary alicyclic amines) is 1. The maximum absolute atomic E-state index is 13.0. The Morgan fingerprint density at radius 2 is 2.03 bits per heavy atom. The number of hydrogen-bond donors (Lipinski definition) is 2. The van der Waals surface area contributed by atoms with Crippen LogP contribution < -0.4 is 4.74 Å². The van der Waals surface area contributed by atoms with E-state index in [1.165, 1.54) is 0 Å². The number of hydrogen-bond acceptors (Lipinski definition) is 4. The molecule has 0 bridgehead atoms. The molecule has 6 nitrogen and oxygen atoms in total. The van der Waals surface area contributed by atoms with Gasteiger partial charge in [0.25, 0.3) is 5.91 Å². The Balaban J connectivity index is 1.28. The van der Waals surface area contributed by atoms with Crippen LogP contribution >= 0.6 is 11.6 Å². The molecule has 7 heteroatoms. The number of aliphatic hydroxyl groups excluding tert-OH is 1. The summed E-state index contributed by atoms with van der Waals surface area (Å²) >= 11 is 6.04. The number of halogens is 1. The lowest BCUT2D eigenvalue weighted by molar-refractivity contribution is -0.0231. The quantitative estimate of drug-likeness (QED) is 0.691. The lowest BCUT2D eigenvalue weighted by Gasteiger charge is -2.35. The van der Waals surface area contributed by atoms with Gasteiger partial charge in [-0.25, -0.2) is 4.98 Å². The number of aromatic amines is 1. The number of H-pyrrole nitrogens is 1. The highest BCUT2D eigenvalue weighted by molar-refractivity contribution is 6.30. The molecule has 1 amide bonds. The minimum atomic E-state index is -0.553. The molecule has 1 saturated carbocycles. The molecule has 4 atom stereocenters. The number of aromatic nitrogens is 2. The monoisotopic (exact) mass is 411 g/mol. The van der Waals surface area contributed by atoms with E-state index in [9.17, 15) is 9.90 Å². The van der Waals surface area contributed by atoms with Crippen LogP contribution in [-0.2, 0) is 0 Å². The standard InChI is InChI=1S/C22H22ClN3O3/c23-17-2-1-3-18(9-17)29-20-8-16-12-26(11-15(16)7-19(20)27)22(28)14-6-13-4-5-24-21(13)25-10-14/h1-6,9-10,15-16,19-20,27H,7-8,11-12H2,(H,24,25)/t15-,16+,19+,20+/m0/s1. The van der Waals surface area contributed by atoms with E-state index in [4.69, 9.17) is 16.3 Å². The van der Waals surface area contributed by atoms with Crippen molar-refractivity contribution in [2.24, 2.45) is 11.8 Å². The summed E-state index contributed by atoms with van der Waals surface area (Å²) in [5, 5.41) is 12.1. The second-order valence-electron chi connectivity index (χ2n) is 8.02. The van der Waals surface area contributed by atoms with Crippen molar-refractivity contribution >= 4 is 28.5 Å². The van der Waals surface area contributed by atoms with Crippen molar-refractivity contribution in [3.05, 3.63) is 59.4 Å². The Labute approximate surface area is 173 Å². The SMILES string of the molecule is O=C(c1cnc2[nH]ccc2c1)N1C[C@H]2C[C@@H](Oc3cccc(Cl)c3)[C@H](O)C[C@H]2C1. The number of fused-ring (bicyclic) bond motifs is 2. The van der Waals surface area contributed by atoms with Gasteiger partial charge >= 0.3 is 0 Å². The number of aliphatic hydroxyl groups is 1. The van der Waals surface area contributed by atoms with Crippen molar-refractivity contribution in [3.63, 3.8) is 0 Å². The van der Waals surface area contributed by atoms with Gasteiger partial charge in [-0.15, -0.1) is 0 Å². The van der Waals surface area contributed by atoms with Crippen molar-refractivity contribution in [2.45, 2.75) is 25.0 Å². The number of pyridine rings is 1. The Morgan fingerprint density at radius 3 is 2.86 bits per heavy atom. The van der Waals surface area contributed by atoms with Crippen molar-refractivity contribution in [1.82, 2.24) is 14.9 Å². The second kappa shape index (κ2) is 7.35. The zero-order chi connectivity index (χ0) is 20.0. The number of ether oxygens (including phenoxy) is 1. The van der Waals surface area contributed by atoms with Crippen LogP contribution in [0.3, 0.4) is 0 Å². The summed E-state index contributed by atoms with van der Waals surface area (Å²) in [5.41, 5.74) is 1.38. The van der Waals surface area contributed by atoms with Gasteiger partial charge in [0.2, 0.25) is 0 Å². The summed E-state index contributed by atoms with van der Waals surface area (Å²) < 4.78 is 6.02. The molecular formula is C22H22ClN3O3. The molecule has 2 N–H and O–H groups in total. The zero-order valence-corrected chi connectivity index (χ0v) is 16.5. The summed E-state index contributed by atoms with van der Waals surface area (Å²) in [6.45, 7) is 1.34. The first kappa shape index (κ1) is 18.5. The molecule has 5 rings (SSSR count). The molecule has 0 spiro atoms. The predicted molar refractivity (Wildman–Crippen MR) is 110 cm³/mol. The molecule has 2 fully saturated rings. The smallest absolute Gasteiger partial charge is 0.255 e. The average molecular weight is 412 g/mol. The molecule has 2 aliphatic rings. The third-order valence-electron chi connectivity index (χ3n) is 6.10. The van der Waals surface area contributed by atoms with Gasteiger partial charge in [0, 0.05) is 35.9 Å². The van der Waals surface area contributed by atoms with E-state index in [0.717, 1.165) is 17.5 Å². The van der Waals surface area contributed by atoms with Gasteiger partial charge in [-0.1, -0.05) is 17.7 Å². The summed E-state index contributed by atoms with van der Waals surface area (Å²) in [4.78, 5) is 22.3. The Bertz CT molecular complexity index is 1050. The Hall–Kier alpha value is -2.57. The van der Waals surface area contributed by atoms with Crippen LogP contribution in [0.5, 0.6) is 5.75 Å². The first-order valence-corrected chi connectivity index (χ1v) is 10.3. The zero-order valence-electron chi connectivity index (χ0n) is 15.8. The van der Waals surface area contributed by atoms with Gasteiger partial charge in [-0.3, -0.25) is 4.79 Å². The third-order valence-corrected chi connectivity index (χ3v) is 6.34. The molecular weight excluding hydrogens is 390 g/mol. The number of carbonyl (C=O) groups excluding carboxylic acids is 1. The highest BCUT2D eigenvalue weighted by atomic mass is 35.5. The van der Waals surface area contributed by atoms with Crippen LogP contribution in [0.25, 0.3) is 11.0 Å². The highest BCUT2D eigenvalue weighted by Gasteiger charge is 2.44. The lowest BCUT2D eigenvalue weighted by Crippen LogP contribution is -2.42. The topological polar surface area (TPSA) is 78.5 Å². The minimum absolute atomic E-state index is 0.00296. The van der Waals surface area contributed by atoms with Crippen molar-refractivity contribution < 1.29 is 14.6 Å². The fourth-order valence-corrected chi connectivity index (χ4v) is 4.82. The van der Waals surface area contributed by atoms with E-state index in [2.05, 4.69) is 9.97 Å². The second-order valence-corrected chi connectivity index (χ2v) is 8.46. The van der Waals surface area contributed by atoms with Gasteiger partial charge in [0.15, 0.2) is 0 Å². The highest BCUT2D eigenvalue weighted by Crippen LogP contribution is 2.38. The maximum atomic E-state index is 13.0. The predicted octanol–water partition coefficient (Wildman–Crippen LogP) is 3.51. The van der Waals surface area contributed by atoms with Gasteiger partial charge in [-0.2, -0.15) is 0 Å². The van der Waals surface area contributed by atoms with Crippen LogP contribution in [0.2, 0.25) is 5.02 Å². The summed E-state index contributed by atoms with van der Waals surface area (Å²) in [6.07, 6.45) is 3.96. The average Bonchev–Trinajstić information content (AvgIpc) is 3.33. The van der Waals surface area contributed by atoms with Gasteiger partial charge in [-0.05, 0) is 55.0 Å². The van der Waals surface area contributed by atoms with E-state index in [0.29, 0.717) is 41.8 Å². The molecule has 2 aromatic heterocycles. The summed E-state index contributed by atoms with van der Waals surface area (Å²) in [5.74, 6) is 1.27. The van der Waals surface area contributed by atoms with Crippen LogP contribution in [0, 0.1) is 11.8 Å². The van der Waals surface area contributed by atoms with Crippen LogP contribution in [0.4, 0.5) is 0 Å². The molecule has 1 saturated heterocycles. The van der Waals surface area contributed by atoms with Gasteiger partial charge < -0.3 is 19.7 Å². The number of nitrogens with zero attached hydrogens (tertiary/aromatic N) is 2. The number of rotatable bonds is 3. The van der Waals surface area contributed by atoms with E-state index in [1.54, 1.807) is 18.3 Å². The molecule has 0 radical (unpaired) electrons. The molecule has 1 aromatic carbocycles. The number of carbonyl (C=O) groups is 1. The van der Waals surface area contributed by atoms with Gasteiger partial charge in [0.05, 0.1) is 11.7 Å². The minimum Gasteiger partial charge on any atom is -0.488 e. The van der Waals surface area contributed by atoms with E-state index in [-0.39, 0.29) is 17.9 Å². The Kier molecular flexibility index (Phi) is 4.68. The van der Waals surface area contributed by atoms with Crippen molar-refractivity contribution in [1.29, 1.82) is 0 Å². The van der Waals surface area contributed by atoms with E-state index < -0.39 is 6.10 Å². The molecule has 3 aromatic rings. The largest absolute Gasteiger partial charge is 0.488 e. The summed E-state index contributed by atoms with van der Waals surface area (Å²) in [7, 11) is 0. The molecule has 1 aliphatic heterocycles. The first-order chi connectivity index (χ1) is 14.1. The first-order valence-electron chi connectivity index (χ1n) is 9.89. The van der Waals surface area contributed by atoms with Gasteiger partial charge in [0.1, 0.15) is 17.5 Å². The summed E-state index contributed by atoms with van der Waals surface area (Å²) in [6, 6.07) is 11.0. The van der Waals surface area contributed by atoms with Crippen LogP contribution in [-0.4, -0.2) is 51.2 Å². The molecule has 3 heterocycles. The molecule has 29 heavy (non-hydrogen) atoms. The number of nitrogens with one attached hydrogen (secondary N) is 1. The van der Waals surface area contributed by atoms with Crippen LogP contribution in [0.1, 0.15) is 23.2 Å². The van der Waals surface area contributed by atoms with Crippen molar-refractivity contribution in [3.8, 4) is 5.75 Å². The van der Waals surface area contributed by atoms with E-state index in [1.807, 2.05) is 35.4 Å². The normalized spacial score (nSPS) is 26.5. The van der Waals surface area contributed by atoms with Crippen molar-refractivity contribution in [2.75, 3.05) is 13.1 Å². The fourth-order valence-electron chi connectivity index (χ4n) is 4.64. The van der Waals surface area contributed by atoms with Crippen LogP contribution in [0.15, 0.2) is 48.8 Å². The maximum Gasteiger partial charge on any atom is 0.255 e. The lowest BCUT2D eigenvalue weighted by atomic mass is 9.78.